The highest BCUT2D eigenvalue weighted by molar-refractivity contribution is 5.87. The van der Waals surface area contributed by atoms with E-state index in [1.165, 1.54) is 5.56 Å². The van der Waals surface area contributed by atoms with Gasteiger partial charge in [0.2, 0.25) is 0 Å². The number of aryl methyl sites for hydroxylation is 1. The first-order valence-corrected chi connectivity index (χ1v) is 7.22. The first kappa shape index (κ1) is 13.8. The Balaban J connectivity index is 2.03. The number of aromatic nitrogens is 2. The number of aromatic carboxylic acids is 1. The minimum atomic E-state index is -1.00. The van der Waals surface area contributed by atoms with Gasteiger partial charge in [0.1, 0.15) is 0 Å². The van der Waals surface area contributed by atoms with E-state index in [1.54, 1.807) is 4.68 Å². The van der Waals surface area contributed by atoms with Crippen LogP contribution in [0.25, 0.3) is 5.69 Å². The standard InChI is InChI=1S/C16H18N2O3/c1-2-3-11-4-6-12(7-5-11)18-14-8-9-21-10-13(14)15(17-18)16(19)20/h4-7H,2-3,8-10H2,1H3,(H,19,20). The molecule has 1 aromatic carbocycles. The molecule has 5 heteroatoms. The van der Waals surface area contributed by atoms with Crippen LogP contribution < -0.4 is 0 Å². The van der Waals surface area contributed by atoms with E-state index >= 15 is 0 Å². The maximum atomic E-state index is 11.3. The summed E-state index contributed by atoms with van der Waals surface area (Å²) in [5.74, 6) is -1.00. The van der Waals surface area contributed by atoms with Gasteiger partial charge in [-0.05, 0) is 24.1 Å². The van der Waals surface area contributed by atoms with Crippen LogP contribution in [0.1, 0.15) is 40.7 Å². The van der Waals surface area contributed by atoms with Crippen LogP contribution in [0, 0.1) is 0 Å². The summed E-state index contributed by atoms with van der Waals surface area (Å²) in [4.78, 5) is 11.3. The van der Waals surface area contributed by atoms with Gasteiger partial charge >= 0.3 is 5.97 Å². The van der Waals surface area contributed by atoms with Gasteiger partial charge in [0.15, 0.2) is 5.69 Å². The van der Waals surface area contributed by atoms with Crippen molar-refractivity contribution in [3.8, 4) is 5.69 Å². The molecule has 0 fully saturated rings. The number of ether oxygens (including phenoxy) is 1. The van der Waals surface area contributed by atoms with Gasteiger partial charge in [-0.1, -0.05) is 25.5 Å². The van der Waals surface area contributed by atoms with Crippen LogP contribution in [-0.2, 0) is 24.2 Å². The summed E-state index contributed by atoms with van der Waals surface area (Å²) in [6.45, 7) is 3.08. The second kappa shape index (κ2) is 5.69. The number of hydrogen-bond acceptors (Lipinski definition) is 3. The van der Waals surface area contributed by atoms with Crippen LogP contribution in [0.4, 0.5) is 0 Å². The number of carboxylic acid groups (broad SMARTS) is 1. The van der Waals surface area contributed by atoms with Crippen molar-refractivity contribution >= 4 is 5.97 Å². The van der Waals surface area contributed by atoms with Crippen molar-refractivity contribution in [2.24, 2.45) is 0 Å². The molecule has 1 aliphatic rings. The summed E-state index contributed by atoms with van der Waals surface area (Å²) in [6, 6.07) is 8.15. The third-order valence-electron chi connectivity index (χ3n) is 3.74. The molecule has 5 nitrogen and oxygen atoms in total. The second-order valence-corrected chi connectivity index (χ2v) is 5.21. The Labute approximate surface area is 123 Å². The summed E-state index contributed by atoms with van der Waals surface area (Å²) >= 11 is 0. The molecule has 0 saturated heterocycles. The highest BCUT2D eigenvalue weighted by atomic mass is 16.5. The monoisotopic (exact) mass is 286 g/mol. The van der Waals surface area contributed by atoms with Crippen molar-refractivity contribution in [2.75, 3.05) is 6.61 Å². The van der Waals surface area contributed by atoms with Crippen LogP contribution in [0.15, 0.2) is 24.3 Å². The van der Waals surface area contributed by atoms with Gasteiger partial charge in [-0.2, -0.15) is 5.10 Å². The lowest BCUT2D eigenvalue weighted by atomic mass is 10.1. The van der Waals surface area contributed by atoms with E-state index in [0.717, 1.165) is 24.2 Å². The molecule has 2 heterocycles. The Hall–Kier alpha value is -2.14. The fourth-order valence-electron chi connectivity index (χ4n) is 2.71. The number of carboxylic acids is 1. The average molecular weight is 286 g/mol. The van der Waals surface area contributed by atoms with Gasteiger partial charge in [0.05, 0.1) is 24.6 Å². The number of hydrogen-bond donors (Lipinski definition) is 1. The van der Waals surface area contributed by atoms with Gasteiger partial charge in [0, 0.05) is 12.0 Å². The number of rotatable bonds is 4. The molecular weight excluding hydrogens is 268 g/mol. The minimum absolute atomic E-state index is 0.0994. The molecule has 1 N–H and O–H groups in total. The number of carbonyl (C=O) groups is 1. The SMILES string of the molecule is CCCc1ccc(-n2nc(C(=O)O)c3c2CCOC3)cc1. The average Bonchev–Trinajstić information content (AvgIpc) is 2.88. The summed E-state index contributed by atoms with van der Waals surface area (Å²) < 4.78 is 7.12. The van der Waals surface area contributed by atoms with Gasteiger partial charge in [-0.15, -0.1) is 0 Å². The molecule has 0 saturated carbocycles. The van der Waals surface area contributed by atoms with Crippen LogP contribution in [0.2, 0.25) is 0 Å². The van der Waals surface area contributed by atoms with Crippen LogP contribution in [0.5, 0.6) is 0 Å². The van der Waals surface area contributed by atoms with Gasteiger partial charge in [-0.25, -0.2) is 9.48 Å². The van der Waals surface area contributed by atoms with E-state index in [-0.39, 0.29) is 5.69 Å². The topological polar surface area (TPSA) is 64.4 Å². The summed E-state index contributed by atoms with van der Waals surface area (Å²) in [5, 5.41) is 13.6. The van der Waals surface area contributed by atoms with Crippen molar-refractivity contribution in [1.29, 1.82) is 0 Å². The molecule has 2 aromatic rings. The zero-order valence-corrected chi connectivity index (χ0v) is 12.0. The van der Waals surface area contributed by atoms with Crippen molar-refractivity contribution in [2.45, 2.75) is 32.8 Å². The Morgan fingerprint density at radius 3 is 2.81 bits per heavy atom. The lowest BCUT2D eigenvalue weighted by Gasteiger charge is -2.15. The van der Waals surface area contributed by atoms with Gasteiger partial charge < -0.3 is 9.84 Å². The maximum Gasteiger partial charge on any atom is 0.356 e. The zero-order chi connectivity index (χ0) is 14.8. The quantitative estimate of drug-likeness (QED) is 0.938. The van der Waals surface area contributed by atoms with E-state index in [1.807, 2.05) is 12.1 Å². The third kappa shape index (κ3) is 2.56. The molecule has 0 bridgehead atoms. The minimum Gasteiger partial charge on any atom is -0.476 e. The molecule has 0 amide bonds. The van der Waals surface area contributed by atoms with Crippen molar-refractivity contribution < 1.29 is 14.6 Å². The smallest absolute Gasteiger partial charge is 0.356 e. The number of nitrogens with zero attached hydrogens (tertiary/aromatic N) is 2. The Morgan fingerprint density at radius 1 is 1.38 bits per heavy atom. The molecule has 110 valence electrons. The predicted molar refractivity (Wildman–Crippen MR) is 77.9 cm³/mol. The molecule has 0 aliphatic carbocycles. The molecule has 3 rings (SSSR count). The molecule has 0 spiro atoms. The van der Waals surface area contributed by atoms with Crippen molar-refractivity contribution in [1.82, 2.24) is 9.78 Å². The molecular formula is C16H18N2O3. The highest BCUT2D eigenvalue weighted by Gasteiger charge is 2.25. The fraction of sp³-hybridized carbons (Fsp3) is 0.375. The van der Waals surface area contributed by atoms with Crippen molar-refractivity contribution in [3.63, 3.8) is 0 Å². The van der Waals surface area contributed by atoms with E-state index < -0.39 is 5.97 Å². The molecule has 0 unspecified atom stereocenters. The van der Waals surface area contributed by atoms with Crippen molar-refractivity contribution in [3.05, 3.63) is 46.8 Å². The highest BCUT2D eigenvalue weighted by Crippen LogP contribution is 2.24. The number of fused-ring (bicyclic) bond motifs is 1. The molecule has 0 atom stereocenters. The molecule has 1 aliphatic heterocycles. The van der Waals surface area contributed by atoms with E-state index in [2.05, 4.69) is 24.2 Å². The lowest BCUT2D eigenvalue weighted by Crippen LogP contribution is -2.13. The zero-order valence-electron chi connectivity index (χ0n) is 12.0. The first-order valence-electron chi connectivity index (χ1n) is 7.22. The molecule has 0 radical (unpaired) electrons. The normalized spacial score (nSPS) is 14.0. The Bertz CT molecular complexity index is 659. The summed E-state index contributed by atoms with van der Waals surface area (Å²) in [7, 11) is 0. The van der Waals surface area contributed by atoms with Crippen LogP contribution >= 0.6 is 0 Å². The van der Waals surface area contributed by atoms with E-state index in [0.29, 0.717) is 25.2 Å². The predicted octanol–water partition coefficient (Wildman–Crippen LogP) is 2.60. The number of benzene rings is 1. The molecule has 1 aromatic heterocycles. The maximum absolute atomic E-state index is 11.3. The van der Waals surface area contributed by atoms with Crippen LogP contribution in [0.3, 0.4) is 0 Å². The van der Waals surface area contributed by atoms with E-state index in [4.69, 9.17) is 4.74 Å². The molecule has 21 heavy (non-hydrogen) atoms. The summed E-state index contributed by atoms with van der Waals surface area (Å²) in [6.07, 6.45) is 2.84. The van der Waals surface area contributed by atoms with E-state index in [9.17, 15) is 9.90 Å². The Kier molecular flexibility index (Phi) is 3.75. The Morgan fingerprint density at radius 2 is 2.14 bits per heavy atom. The summed E-state index contributed by atoms with van der Waals surface area (Å²) in [5.41, 5.74) is 3.93. The second-order valence-electron chi connectivity index (χ2n) is 5.21. The van der Waals surface area contributed by atoms with Gasteiger partial charge in [-0.3, -0.25) is 0 Å². The lowest BCUT2D eigenvalue weighted by molar-refractivity contribution is 0.0677. The fourth-order valence-corrected chi connectivity index (χ4v) is 2.71. The van der Waals surface area contributed by atoms with Crippen LogP contribution in [-0.4, -0.2) is 27.5 Å². The first-order chi connectivity index (χ1) is 10.2. The van der Waals surface area contributed by atoms with Gasteiger partial charge in [0.25, 0.3) is 0 Å². The third-order valence-corrected chi connectivity index (χ3v) is 3.74. The largest absolute Gasteiger partial charge is 0.476 e.